The van der Waals surface area contributed by atoms with Crippen LogP contribution in [0.3, 0.4) is 0 Å². The zero-order chi connectivity index (χ0) is 21.1. The highest BCUT2D eigenvalue weighted by Crippen LogP contribution is 2.29. The fourth-order valence-corrected chi connectivity index (χ4v) is 3.79. The number of hydrogen-bond donors (Lipinski definition) is 1. The molecule has 3 rings (SSSR count). The lowest BCUT2D eigenvalue weighted by atomic mass is 10.1. The summed E-state index contributed by atoms with van der Waals surface area (Å²) >= 11 is 7.06. The van der Waals surface area contributed by atoms with Crippen LogP contribution in [0.4, 0.5) is 11.4 Å². The Labute approximate surface area is 177 Å². The maximum Gasteiger partial charge on any atom is 0.294 e. The summed E-state index contributed by atoms with van der Waals surface area (Å²) in [6.07, 6.45) is 0. The molecule has 0 radical (unpaired) electrons. The maximum atomic E-state index is 12.5. The summed E-state index contributed by atoms with van der Waals surface area (Å²) in [7, 11) is 0. The SMILES string of the molecule is Cc1cc(C)c(C)c(OCc2csc(C(=O)Nc3ccc(Cl)cc3[N+](=O)[O-])c2)c1. The smallest absolute Gasteiger partial charge is 0.294 e. The molecule has 29 heavy (non-hydrogen) atoms. The zero-order valence-corrected chi connectivity index (χ0v) is 17.7. The van der Waals surface area contributed by atoms with Crippen LogP contribution >= 0.6 is 22.9 Å². The maximum absolute atomic E-state index is 12.5. The van der Waals surface area contributed by atoms with E-state index in [0.29, 0.717) is 11.5 Å². The number of anilines is 1. The molecule has 0 aliphatic rings. The van der Waals surface area contributed by atoms with Crippen LogP contribution < -0.4 is 10.1 Å². The van der Waals surface area contributed by atoms with Crippen molar-refractivity contribution in [2.45, 2.75) is 27.4 Å². The third kappa shape index (κ3) is 4.93. The van der Waals surface area contributed by atoms with Crippen LogP contribution in [-0.2, 0) is 6.61 Å². The third-order valence-electron chi connectivity index (χ3n) is 4.44. The number of nitrogens with one attached hydrogen (secondary N) is 1. The largest absolute Gasteiger partial charge is 0.489 e. The van der Waals surface area contributed by atoms with Gasteiger partial charge in [-0.25, -0.2) is 0 Å². The molecule has 3 aromatic rings. The Balaban J connectivity index is 1.70. The number of ether oxygens (including phenoxy) is 1. The predicted molar refractivity (Wildman–Crippen MR) is 115 cm³/mol. The number of carbonyl (C=O) groups is 1. The van der Waals surface area contributed by atoms with Crippen molar-refractivity contribution < 1.29 is 14.5 Å². The van der Waals surface area contributed by atoms with E-state index in [2.05, 4.69) is 11.4 Å². The van der Waals surface area contributed by atoms with Crippen LogP contribution in [0.1, 0.15) is 31.9 Å². The highest BCUT2D eigenvalue weighted by molar-refractivity contribution is 7.12. The number of halogens is 1. The molecule has 1 N–H and O–H groups in total. The van der Waals surface area contributed by atoms with Crippen molar-refractivity contribution in [2.24, 2.45) is 0 Å². The van der Waals surface area contributed by atoms with E-state index in [1.54, 1.807) is 6.07 Å². The molecule has 0 atom stereocenters. The van der Waals surface area contributed by atoms with E-state index in [9.17, 15) is 14.9 Å². The van der Waals surface area contributed by atoms with Gasteiger partial charge in [0.05, 0.1) is 9.80 Å². The first-order valence-electron chi connectivity index (χ1n) is 8.78. The first-order valence-corrected chi connectivity index (χ1v) is 10.0. The van der Waals surface area contributed by atoms with E-state index in [4.69, 9.17) is 16.3 Å². The van der Waals surface area contributed by atoms with Crippen LogP contribution in [0.25, 0.3) is 0 Å². The lowest BCUT2D eigenvalue weighted by molar-refractivity contribution is -0.383. The average Bonchev–Trinajstić information content (AvgIpc) is 3.14. The summed E-state index contributed by atoms with van der Waals surface area (Å²) in [5, 5.41) is 15.8. The molecule has 1 amide bonds. The molecule has 0 saturated carbocycles. The molecule has 150 valence electrons. The van der Waals surface area contributed by atoms with Gasteiger partial charge in [-0.1, -0.05) is 17.7 Å². The molecular weight excluding hydrogens is 412 g/mol. The minimum absolute atomic E-state index is 0.0986. The van der Waals surface area contributed by atoms with E-state index in [1.807, 2.05) is 32.2 Å². The van der Waals surface area contributed by atoms with E-state index >= 15 is 0 Å². The van der Waals surface area contributed by atoms with E-state index in [1.165, 1.54) is 29.5 Å². The second kappa shape index (κ2) is 8.63. The summed E-state index contributed by atoms with van der Waals surface area (Å²) in [5.41, 5.74) is 4.06. The van der Waals surface area contributed by atoms with Gasteiger partial charge in [0.25, 0.3) is 11.6 Å². The third-order valence-corrected chi connectivity index (χ3v) is 5.65. The number of thiophene rings is 1. The molecule has 1 heterocycles. The molecule has 0 aliphatic heterocycles. The molecule has 1 aromatic heterocycles. The van der Waals surface area contributed by atoms with Crippen molar-refractivity contribution >= 4 is 40.2 Å². The fourth-order valence-electron chi connectivity index (χ4n) is 2.83. The van der Waals surface area contributed by atoms with Crippen molar-refractivity contribution in [1.82, 2.24) is 0 Å². The number of nitro groups is 1. The zero-order valence-electron chi connectivity index (χ0n) is 16.1. The standard InChI is InChI=1S/C21H19ClN2O4S/c1-12-6-13(2)14(3)19(7-12)28-10-15-8-20(29-11-15)21(25)23-17-5-4-16(22)9-18(17)24(26)27/h4-9,11H,10H2,1-3H3,(H,23,25). The van der Waals surface area contributed by atoms with Gasteiger partial charge in [0, 0.05) is 16.7 Å². The van der Waals surface area contributed by atoms with Gasteiger partial charge in [-0.15, -0.1) is 11.3 Å². The van der Waals surface area contributed by atoms with Gasteiger partial charge in [0.1, 0.15) is 18.0 Å². The summed E-state index contributed by atoms with van der Waals surface area (Å²) in [5.74, 6) is 0.394. The highest BCUT2D eigenvalue weighted by atomic mass is 35.5. The Morgan fingerprint density at radius 1 is 1.21 bits per heavy atom. The minimum atomic E-state index is -0.582. The van der Waals surface area contributed by atoms with Gasteiger partial charge in [0.15, 0.2) is 0 Å². The number of carbonyl (C=O) groups excluding carboxylic acids is 1. The van der Waals surface area contributed by atoms with Crippen molar-refractivity contribution in [2.75, 3.05) is 5.32 Å². The number of aryl methyl sites for hydroxylation is 2. The van der Waals surface area contributed by atoms with Crippen molar-refractivity contribution in [3.05, 3.63) is 84.0 Å². The lowest BCUT2D eigenvalue weighted by Gasteiger charge is -2.11. The van der Waals surface area contributed by atoms with Gasteiger partial charge in [-0.3, -0.25) is 14.9 Å². The fraction of sp³-hybridized carbons (Fsp3) is 0.190. The quantitative estimate of drug-likeness (QED) is 0.380. The molecule has 0 bridgehead atoms. The Bertz CT molecular complexity index is 1090. The van der Waals surface area contributed by atoms with Gasteiger partial charge in [-0.2, -0.15) is 0 Å². The number of benzene rings is 2. The van der Waals surface area contributed by atoms with Gasteiger partial charge in [-0.05, 0) is 67.1 Å². The number of rotatable bonds is 6. The first kappa shape index (κ1) is 20.8. The normalized spacial score (nSPS) is 10.6. The molecule has 0 fully saturated rings. The Kier molecular flexibility index (Phi) is 6.20. The van der Waals surface area contributed by atoms with Crippen LogP contribution in [0.2, 0.25) is 5.02 Å². The van der Waals surface area contributed by atoms with Crippen LogP contribution in [0.15, 0.2) is 41.8 Å². The summed E-state index contributed by atoms with van der Waals surface area (Å²) < 4.78 is 5.93. The number of amides is 1. The van der Waals surface area contributed by atoms with E-state index in [0.717, 1.165) is 28.0 Å². The molecule has 2 aromatic carbocycles. The van der Waals surface area contributed by atoms with Gasteiger partial charge in [0.2, 0.25) is 0 Å². The summed E-state index contributed by atoms with van der Waals surface area (Å²) in [6.45, 7) is 6.39. The predicted octanol–water partition coefficient (Wildman–Crippen LogP) is 6.07. The summed E-state index contributed by atoms with van der Waals surface area (Å²) in [4.78, 5) is 23.5. The summed E-state index contributed by atoms with van der Waals surface area (Å²) in [6, 6.07) is 9.92. The molecule has 0 spiro atoms. The highest BCUT2D eigenvalue weighted by Gasteiger charge is 2.18. The van der Waals surface area contributed by atoms with Crippen LogP contribution in [0, 0.1) is 30.9 Å². The molecule has 0 unspecified atom stereocenters. The molecule has 6 nitrogen and oxygen atoms in total. The van der Waals surface area contributed by atoms with Crippen molar-refractivity contribution in [3.8, 4) is 5.75 Å². The molecule has 8 heteroatoms. The average molecular weight is 431 g/mol. The number of hydrogen-bond acceptors (Lipinski definition) is 5. The number of nitrogens with zero attached hydrogens (tertiary/aromatic N) is 1. The van der Waals surface area contributed by atoms with Gasteiger partial charge >= 0.3 is 0 Å². The second-order valence-corrected chi connectivity index (χ2v) is 8.03. The van der Waals surface area contributed by atoms with Crippen molar-refractivity contribution in [1.29, 1.82) is 0 Å². The Morgan fingerprint density at radius 3 is 2.69 bits per heavy atom. The van der Waals surface area contributed by atoms with Gasteiger partial charge < -0.3 is 10.1 Å². The van der Waals surface area contributed by atoms with Crippen molar-refractivity contribution in [3.63, 3.8) is 0 Å². The van der Waals surface area contributed by atoms with E-state index in [-0.39, 0.29) is 16.4 Å². The minimum Gasteiger partial charge on any atom is -0.489 e. The second-order valence-electron chi connectivity index (χ2n) is 6.69. The molecular formula is C21H19ClN2O4S. The topological polar surface area (TPSA) is 81.5 Å². The molecule has 0 aliphatic carbocycles. The Hall–Kier alpha value is -2.90. The first-order chi connectivity index (χ1) is 13.7. The van der Waals surface area contributed by atoms with Crippen LogP contribution in [-0.4, -0.2) is 10.8 Å². The van der Waals surface area contributed by atoms with Crippen LogP contribution in [0.5, 0.6) is 5.75 Å². The van der Waals surface area contributed by atoms with E-state index < -0.39 is 10.8 Å². The molecule has 0 saturated heterocycles. The monoisotopic (exact) mass is 430 g/mol. The number of nitro benzene ring substituents is 1. The Morgan fingerprint density at radius 2 is 1.97 bits per heavy atom. The lowest BCUT2D eigenvalue weighted by Crippen LogP contribution is -2.11.